The van der Waals surface area contributed by atoms with Crippen LogP contribution < -0.4 is 24.9 Å². The summed E-state index contributed by atoms with van der Waals surface area (Å²) in [7, 11) is 8.00. The Hall–Kier alpha value is -2.40. The third kappa shape index (κ3) is 9.86. The van der Waals surface area contributed by atoms with Crippen LogP contribution in [0.3, 0.4) is 0 Å². The summed E-state index contributed by atoms with van der Waals surface area (Å²) in [6.07, 6.45) is 0. The number of methoxy groups -OCH3 is 1. The van der Waals surface area contributed by atoms with Crippen LogP contribution in [0.1, 0.15) is 79.1 Å². The number of rotatable bonds is 7. The van der Waals surface area contributed by atoms with Gasteiger partial charge in [0.05, 0.1) is 15.2 Å². The molecule has 48 heavy (non-hydrogen) atoms. The Labute approximate surface area is 325 Å². The summed E-state index contributed by atoms with van der Waals surface area (Å²) in [6.45, 7) is 31.0. The number of anilines is 2. The molecule has 5 heteroatoms. The molecule has 0 aliphatic carbocycles. The molecule has 0 saturated heterocycles. The maximum atomic E-state index is 6.14. The largest absolute Gasteiger partial charge is 3.00 e. The van der Waals surface area contributed by atoms with Crippen LogP contribution in [0.5, 0.6) is 5.75 Å². The van der Waals surface area contributed by atoms with Gasteiger partial charge in [0.25, 0.3) is 0 Å². The van der Waals surface area contributed by atoms with Gasteiger partial charge < -0.3 is 14.5 Å². The topological polar surface area (TPSA) is 15.7 Å². The SMILES string of the molecule is CC[Si](CC)(c1cc(C)cc(C(C)(C)C)c1OC)[c-]1c(C)c(C)c(C)c1C.[CH2-]c1ccccc1N(C)C.[CH2-]c1ccccc1N(C)C.[Lu+3]. The molecule has 270 valence electrons. The quantitative estimate of drug-likeness (QED) is 0.136. The fraction of sp³-hybridized carbons (Fsp3) is 0.419. The van der Waals surface area contributed by atoms with Crippen molar-refractivity contribution < 1.29 is 41.6 Å². The Morgan fingerprint density at radius 3 is 1.40 bits per heavy atom. The van der Waals surface area contributed by atoms with Crippen LogP contribution in [-0.2, 0) is 5.41 Å². The van der Waals surface area contributed by atoms with Crippen molar-refractivity contribution in [2.75, 3.05) is 45.1 Å². The number of para-hydroxylation sites is 2. The van der Waals surface area contributed by atoms with Gasteiger partial charge >= 0.3 is 36.9 Å². The van der Waals surface area contributed by atoms with Crippen molar-refractivity contribution in [3.8, 4) is 5.75 Å². The molecule has 3 nitrogen and oxygen atoms in total. The first-order valence-corrected chi connectivity index (χ1v) is 19.4. The van der Waals surface area contributed by atoms with Gasteiger partial charge in [-0.05, 0) is 51.3 Å². The van der Waals surface area contributed by atoms with Crippen molar-refractivity contribution in [1.82, 2.24) is 0 Å². The molecule has 0 aliphatic rings. The first-order valence-electron chi connectivity index (χ1n) is 17.0. The van der Waals surface area contributed by atoms with Crippen molar-refractivity contribution in [1.29, 1.82) is 0 Å². The van der Waals surface area contributed by atoms with Gasteiger partial charge in [0.1, 0.15) is 5.75 Å². The smallest absolute Gasteiger partial charge is 0.497 e. The molecule has 0 amide bonds. The average molecular weight is 827 g/mol. The Bertz CT molecular complexity index is 1530. The van der Waals surface area contributed by atoms with Gasteiger partial charge in [0.15, 0.2) is 0 Å². The second kappa shape index (κ2) is 18.6. The Balaban J connectivity index is 0.000000446. The minimum Gasteiger partial charge on any atom is -0.497 e. The zero-order valence-electron chi connectivity index (χ0n) is 32.7. The number of aryl methyl sites for hydroxylation is 1. The van der Waals surface area contributed by atoms with Crippen LogP contribution in [0.4, 0.5) is 11.4 Å². The van der Waals surface area contributed by atoms with E-state index in [1.165, 1.54) is 62.0 Å². The molecular formula is C43H63LuN2OSi. The molecule has 4 aromatic rings. The van der Waals surface area contributed by atoms with Gasteiger partial charge in [-0.1, -0.05) is 128 Å². The van der Waals surface area contributed by atoms with Crippen LogP contribution in [0.2, 0.25) is 12.1 Å². The Kier molecular flexibility index (Phi) is 16.9. The molecule has 4 rings (SSSR count). The van der Waals surface area contributed by atoms with Crippen LogP contribution in [-0.4, -0.2) is 43.4 Å². The maximum absolute atomic E-state index is 6.14. The second-order valence-electron chi connectivity index (χ2n) is 14.4. The van der Waals surface area contributed by atoms with Crippen LogP contribution in [0.25, 0.3) is 0 Å². The molecule has 0 atom stereocenters. The molecule has 0 aromatic heterocycles. The third-order valence-electron chi connectivity index (χ3n) is 9.83. The maximum Gasteiger partial charge on any atom is 3.00 e. The minimum atomic E-state index is -1.93. The minimum absolute atomic E-state index is 0. The van der Waals surface area contributed by atoms with E-state index in [1.807, 2.05) is 71.7 Å². The molecular weight excluding hydrogens is 764 g/mol. The third-order valence-corrected chi connectivity index (χ3v) is 15.4. The predicted octanol–water partition coefficient (Wildman–Crippen LogP) is 9.73. The van der Waals surface area contributed by atoms with E-state index in [2.05, 4.69) is 117 Å². The number of hydrogen-bond donors (Lipinski definition) is 0. The van der Waals surface area contributed by atoms with Crippen molar-refractivity contribution >= 4 is 29.8 Å². The fourth-order valence-corrected chi connectivity index (χ4v) is 12.1. The van der Waals surface area contributed by atoms with Crippen molar-refractivity contribution in [2.45, 2.75) is 86.7 Å². The second-order valence-corrected chi connectivity index (χ2v) is 19.0. The molecule has 0 heterocycles. The van der Waals surface area contributed by atoms with E-state index in [-0.39, 0.29) is 42.3 Å². The Morgan fingerprint density at radius 2 is 1.10 bits per heavy atom. The van der Waals surface area contributed by atoms with E-state index >= 15 is 0 Å². The van der Waals surface area contributed by atoms with E-state index in [9.17, 15) is 0 Å². The molecule has 0 radical (unpaired) electrons. The van der Waals surface area contributed by atoms with Crippen LogP contribution >= 0.6 is 0 Å². The van der Waals surface area contributed by atoms with Gasteiger partial charge in [-0.15, -0.1) is 17.3 Å². The molecule has 0 unspecified atom stereocenters. The van der Waals surface area contributed by atoms with E-state index in [0.29, 0.717) is 0 Å². The summed E-state index contributed by atoms with van der Waals surface area (Å²) in [5, 5.41) is 3.15. The number of hydrogen-bond acceptors (Lipinski definition) is 3. The summed E-state index contributed by atoms with van der Waals surface area (Å²) in [6, 6.07) is 23.3. The molecule has 4 aromatic carbocycles. The van der Waals surface area contributed by atoms with Crippen molar-refractivity contribution in [2.24, 2.45) is 0 Å². The van der Waals surface area contributed by atoms with E-state index in [1.54, 1.807) is 5.19 Å². The summed E-state index contributed by atoms with van der Waals surface area (Å²) in [5.41, 5.74) is 13.3. The number of benzene rings is 3. The summed E-state index contributed by atoms with van der Waals surface area (Å²) < 4.78 is 6.14. The molecule has 0 fully saturated rings. The van der Waals surface area contributed by atoms with Crippen LogP contribution in [0, 0.1) is 85.3 Å². The van der Waals surface area contributed by atoms with E-state index < -0.39 is 8.07 Å². The van der Waals surface area contributed by atoms with Crippen molar-refractivity contribution in [3.05, 3.63) is 119 Å². The standard InChI is InChI=1S/C25H39OSi.2C9H12N.Lu/c1-12-27(13-2,24-19(6)17(4)18(5)20(24)7)22-15-16(3)14-21(23(22)26-11)25(8,9)10;2*1-8-6-4-5-7-9(8)10(2)3;/h14-15H,12-13H2,1-11H3;2*4-7H,1H2,2-3H3;/q3*-1;+3. The first kappa shape index (κ1) is 43.6. The normalized spacial score (nSPS) is 11.0. The van der Waals surface area contributed by atoms with Crippen LogP contribution in [0.15, 0.2) is 60.7 Å². The molecule has 0 aliphatic heterocycles. The summed E-state index contributed by atoms with van der Waals surface area (Å²) in [4.78, 5) is 4.12. The van der Waals surface area contributed by atoms with Gasteiger partial charge in [0.2, 0.25) is 0 Å². The fourth-order valence-electron chi connectivity index (χ4n) is 6.86. The number of nitrogens with zero attached hydrogens (tertiary/aromatic N) is 2. The first-order chi connectivity index (χ1) is 21.9. The monoisotopic (exact) mass is 826 g/mol. The van der Waals surface area contributed by atoms with Gasteiger partial charge in [-0.3, -0.25) is 0 Å². The molecule has 0 spiro atoms. The van der Waals surface area contributed by atoms with E-state index in [4.69, 9.17) is 4.74 Å². The molecule has 0 bridgehead atoms. The number of ether oxygens (including phenoxy) is 1. The van der Waals surface area contributed by atoms with Gasteiger partial charge in [-0.25, -0.2) is 0 Å². The predicted molar refractivity (Wildman–Crippen MR) is 214 cm³/mol. The zero-order valence-corrected chi connectivity index (χ0v) is 35.3. The van der Waals surface area contributed by atoms with Gasteiger partial charge in [0, 0.05) is 0 Å². The zero-order chi connectivity index (χ0) is 35.9. The van der Waals surface area contributed by atoms with Crippen molar-refractivity contribution in [3.63, 3.8) is 0 Å². The van der Waals surface area contributed by atoms with Gasteiger partial charge in [-0.2, -0.15) is 59.4 Å². The molecule has 0 saturated carbocycles. The Morgan fingerprint density at radius 1 is 0.708 bits per heavy atom. The summed E-state index contributed by atoms with van der Waals surface area (Å²) in [5.74, 6) is 1.14. The average Bonchev–Trinajstić information content (AvgIpc) is 3.21. The van der Waals surface area contributed by atoms with E-state index in [0.717, 1.165) is 16.9 Å². The summed E-state index contributed by atoms with van der Waals surface area (Å²) >= 11 is 0. The molecule has 0 N–H and O–H groups in total.